The van der Waals surface area contributed by atoms with Gasteiger partial charge in [-0.25, -0.2) is 0 Å². The summed E-state index contributed by atoms with van der Waals surface area (Å²) in [4.78, 5) is 0. The molecule has 8 heavy (non-hydrogen) atoms. The van der Waals surface area contributed by atoms with Gasteiger partial charge in [-0.15, -0.1) is 0 Å². The second kappa shape index (κ2) is 4.32. The molecule has 0 aliphatic carbocycles. The van der Waals surface area contributed by atoms with Crippen LogP contribution < -0.4 is 0 Å². The molecule has 2 radical (unpaired) electrons. The van der Waals surface area contributed by atoms with Crippen molar-refractivity contribution in [3.8, 4) is 0 Å². The van der Waals surface area contributed by atoms with E-state index in [0.29, 0.717) is 0 Å². The SMILES string of the molecule is Clc1ccccc1.[PbH2]. The van der Waals surface area contributed by atoms with Gasteiger partial charge >= 0.3 is 27.3 Å². The summed E-state index contributed by atoms with van der Waals surface area (Å²) in [6, 6.07) is 9.44. The quantitative estimate of drug-likeness (QED) is 0.634. The summed E-state index contributed by atoms with van der Waals surface area (Å²) in [7, 11) is 0. The average molecular weight is 322 g/mol. The van der Waals surface area contributed by atoms with Gasteiger partial charge in [-0.05, 0) is 12.1 Å². The maximum absolute atomic E-state index is 5.54. The van der Waals surface area contributed by atoms with Gasteiger partial charge in [0.1, 0.15) is 0 Å². The first-order chi connectivity index (χ1) is 3.39. The summed E-state index contributed by atoms with van der Waals surface area (Å²) in [5, 5.41) is 0.794. The van der Waals surface area contributed by atoms with E-state index in [0.717, 1.165) is 5.02 Å². The van der Waals surface area contributed by atoms with Crippen molar-refractivity contribution in [1.82, 2.24) is 0 Å². The van der Waals surface area contributed by atoms with Crippen molar-refractivity contribution in [2.45, 2.75) is 0 Å². The van der Waals surface area contributed by atoms with E-state index in [1.54, 1.807) is 0 Å². The summed E-state index contributed by atoms with van der Waals surface area (Å²) in [5.41, 5.74) is 0. The summed E-state index contributed by atoms with van der Waals surface area (Å²) in [5.74, 6) is 0. The van der Waals surface area contributed by atoms with Gasteiger partial charge in [0.15, 0.2) is 0 Å². The van der Waals surface area contributed by atoms with E-state index >= 15 is 0 Å². The molecule has 0 fully saturated rings. The molecule has 0 heterocycles. The molecule has 0 bridgehead atoms. The Bertz CT molecular complexity index is 138. The van der Waals surface area contributed by atoms with Crippen molar-refractivity contribution in [2.24, 2.45) is 0 Å². The summed E-state index contributed by atoms with van der Waals surface area (Å²) in [6.45, 7) is 0. The first kappa shape index (κ1) is 8.43. The number of hydrogen-bond donors (Lipinski definition) is 0. The normalized spacial score (nSPS) is 7.62. The fourth-order valence-electron chi connectivity index (χ4n) is 0.415. The third-order valence-electron chi connectivity index (χ3n) is 0.733. The Morgan fingerprint density at radius 1 is 1.00 bits per heavy atom. The fourth-order valence-corrected chi connectivity index (χ4v) is 0.560. The number of benzene rings is 1. The third kappa shape index (κ3) is 2.67. The van der Waals surface area contributed by atoms with Crippen molar-refractivity contribution < 1.29 is 0 Å². The van der Waals surface area contributed by atoms with Gasteiger partial charge in [0.25, 0.3) is 0 Å². The van der Waals surface area contributed by atoms with Crippen molar-refractivity contribution in [3.63, 3.8) is 0 Å². The van der Waals surface area contributed by atoms with Crippen LogP contribution in [0.3, 0.4) is 0 Å². The molecule has 0 saturated carbocycles. The van der Waals surface area contributed by atoms with Crippen molar-refractivity contribution >= 4 is 38.9 Å². The topological polar surface area (TPSA) is 0 Å². The Labute approximate surface area is 74.0 Å². The zero-order valence-corrected chi connectivity index (χ0v) is 10.7. The summed E-state index contributed by atoms with van der Waals surface area (Å²) >= 11 is 5.54. The van der Waals surface area contributed by atoms with Gasteiger partial charge in [0, 0.05) is 5.02 Å². The van der Waals surface area contributed by atoms with E-state index in [9.17, 15) is 0 Å². The van der Waals surface area contributed by atoms with E-state index in [-0.39, 0.29) is 27.3 Å². The molecule has 0 nitrogen and oxygen atoms in total. The molecule has 0 saturated heterocycles. The Hall–Kier alpha value is 0.432. The van der Waals surface area contributed by atoms with Crippen LogP contribution in [0.2, 0.25) is 5.02 Å². The van der Waals surface area contributed by atoms with Crippen LogP contribution in [0.1, 0.15) is 0 Å². The van der Waals surface area contributed by atoms with Crippen molar-refractivity contribution in [1.29, 1.82) is 0 Å². The molecule has 0 aliphatic heterocycles. The van der Waals surface area contributed by atoms with Gasteiger partial charge in [-0.2, -0.15) is 0 Å². The number of rotatable bonds is 0. The molecule has 0 aromatic heterocycles. The Kier molecular flexibility index (Phi) is 4.56. The Morgan fingerprint density at radius 2 is 1.50 bits per heavy atom. The molecule has 0 spiro atoms. The van der Waals surface area contributed by atoms with Crippen molar-refractivity contribution in [2.75, 3.05) is 0 Å². The minimum absolute atomic E-state index is 0. The van der Waals surface area contributed by atoms with E-state index in [4.69, 9.17) is 11.6 Å². The van der Waals surface area contributed by atoms with E-state index < -0.39 is 0 Å². The zero-order valence-electron chi connectivity index (χ0n) is 4.47. The number of halogens is 1. The van der Waals surface area contributed by atoms with Crippen LogP contribution in [0.4, 0.5) is 0 Å². The van der Waals surface area contributed by atoms with Crippen LogP contribution in [-0.2, 0) is 0 Å². The van der Waals surface area contributed by atoms with Gasteiger partial charge < -0.3 is 0 Å². The van der Waals surface area contributed by atoms with Crippen LogP contribution in [0, 0.1) is 0 Å². The minimum atomic E-state index is 0. The van der Waals surface area contributed by atoms with Crippen LogP contribution in [0.5, 0.6) is 0 Å². The number of hydrogen-bond acceptors (Lipinski definition) is 0. The molecule has 0 N–H and O–H groups in total. The average Bonchev–Trinajstić information content (AvgIpc) is 1.69. The monoisotopic (exact) mass is 322 g/mol. The van der Waals surface area contributed by atoms with Crippen LogP contribution in [0.25, 0.3) is 0 Å². The molecule has 0 aliphatic rings. The van der Waals surface area contributed by atoms with Crippen molar-refractivity contribution in [3.05, 3.63) is 35.4 Å². The van der Waals surface area contributed by atoms with Gasteiger partial charge in [0.2, 0.25) is 0 Å². The second-order valence-electron chi connectivity index (χ2n) is 1.30. The first-order valence-corrected chi connectivity index (χ1v) is 2.48. The Balaban J connectivity index is 0.000000490. The van der Waals surface area contributed by atoms with E-state index in [1.165, 1.54) is 0 Å². The third-order valence-corrected chi connectivity index (χ3v) is 0.985. The molecule has 0 unspecified atom stereocenters. The molecule has 42 valence electrons. The fraction of sp³-hybridized carbons (Fsp3) is 0. The maximum atomic E-state index is 5.54. The van der Waals surface area contributed by atoms with Crippen LogP contribution in [0.15, 0.2) is 30.3 Å². The molecule has 0 atom stereocenters. The molecule has 1 rings (SSSR count). The van der Waals surface area contributed by atoms with Gasteiger partial charge in [-0.1, -0.05) is 29.8 Å². The molecule has 0 amide bonds. The Morgan fingerprint density at radius 3 is 1.75 bits per heavy atom. The van der Waals surface area contributed by atoms with E-state index in [2.05, 4.69) is 0 Å². The zero-order chi connectivity index (χ0) is 5.11. The van der Waals surface area contributed by atoms with Gasteiger partial charge in [0.05, 0.1) is 0 Å². The molecule has 1 aromatic rings. The molecular formula is C6H7ClPb. The summed E-state index contributed by atoms with van der Waals surface area (Å²) in [6.07, 6.45) is 0. The van der Waals surface area contributed by atoms with Crippen LogP contribution in [-0.4, -0.2) is 27.3 Å². The predicted molar refractivity (Wildman–Crippen MR) is 40.0 cm³/mol. The van der Waals surface area contributed by atoms with Gasteiger partial charge in [-0.3, -0.25) is 0 Å². The van der Waals surface area contributed by atoms with Crippen LogP contribution >= 0.6 is 11.6 Å². The standard InChI is InChI=1S/C6H5Cl.Pb.2H/c7-6-4-2-1-3-5-6;;;/h1-5H;;;. The molecule has 2 heteroatoms. The first-order valence-electron chi connectivity index (χ1n) is 2.10. The summed E-state index contributed by atoms with van der Waals surface area (Å²) < 4.78 is 0. The van der Waals surface area contributed by atoms with E-state index in [1.807, 2.05) is 30.3 Å². The molecular weight excluding hydrogens is 315 g/mol. The second-order valence-corrected chi connectivity index (χ2v) is 1.73. The predicted octanol–water partition coefficient (Wildman–Crippen LogP) is 1.42. The molecule has 1 aromatic carbocycles.